The number of carbonyl (C=O) groups is 1. The lowest BCUT2D eigenvalue weighted by atomic mass is 10.3. The molecular formula is C12H15BrFN3O3S. The number of nitrogens with two attached hydrogens (primary N) is 1. The second-order valence-corrected chi connectivity index (χ2v) is 7.47. The molecule has 1 saturated carbocycles. The van der Waals surface area contributed by atoms with Crippen molar-refractivity contribution in [1.29, 1.82) is 0 Å². The van der Waals surface area contributed by atoms with Gasteiger partial charge in [-0.05, 0) is 47.8 Å². The molecule has 0 bridgehead atoms. The average molecular weight is 380 g/mol. The molecule has 1 aliphatic rings. The molecule has 9 heteroatoms. The highest BCUT2D eigenvalue weighted by atomic mass is 79.9. The van der Waals surface area contributed by atoms with E-state index >= 15 is 0 Å². The van der Waals surface area contributed by atoms with Crippen molar-refractivity contribution in [3.05, 3.63) is 22.4 Å². The monoisotopic (exact) mass is 379 g/mol. The summed E-state index contributed by atoms with van der Waals surface area (Å²) in [5.74, 6) is -1.12. The zero-order valence-corrected chi connectivity index (χ0v) is 13.6. The number of rotatable bonds is 5. The molecule has 4 N–H and O–H groups in total. The van der Waals surface area contributed by atoms with Crippen LogP contribution >= 0.6 is 15.9 Å². The van der Waals surface area contributed by atoms with Crippen LogP contribution in [0.2, 0.25) is 0 Å². The maximum Gasteiger partial charge on any atom is 0.242 e. The lowest BCUT2D eigenvalue weighted by molar-refractivity contribution is -0.122. The van der Waals surface area contributed by atoms with Crippen molar-refractivity contribution in [2.75, 3.05) is 5.73 Å². The number of benzene rings is 1. The van der Waals surface area contributed by atoms with Gasteiger partial charge in [0.15, 0.2) is 0 Å². The van der Waals surface area contributed by atoms with Crippen LogP contribution in [-0.2, 0) is 14.8 Å². The molecule has 1 aromatic rings. The van der Waals surface area contributed by atoms with E-state index < -0.39 is 27.8 Å². The van der Waals surface area contributed by atoms with Crippen molar-refractivity contribution in [3.8, 4) is 0 Å². The Balaban J connectivity index is 2.17. The second-order valence-electron chi connectivity index (χ2n) is 4.93. The highest BCUT2D eigenvalue weighted by molar-refractivity contribution is 9.10. The molecule has 6 nitrogen and oxygen atoms in total. The molecule has 0 spiro atoms. The molecule has 0 heterocycles. The molecule has 0 saturated heterocycles. The van der Waals surface area contributed by atoms with E-state index in [1.54, 1.807) is 0 Å². The largest absolute Gasteiger partial charge is 0.396 e. The minimum Gasteiger partial charge on any atom is -0.396 e. The Morgan fingerprint density at radius 3 is 2.67 bits per heavy atom. The van der Waals surface area contributed by atoms with Gasteiger partial charge in [0.1, 0.15) is 5.82 Å². The fraction of sp³-hybridized carbons (Fsp3) is 0.417. The molecule has 1 unspecified atom stereocenters. The third kappa shape index (κ3) is 3.92. The molecule has 21 heavy (non-hydrogen) atoms. The number of carbonyl (C=O) groups excluding carboxylic acids is 1. The fourth-order valence-electron chi connectivity index (χ4n) is 1.65. The first kappa shape index (κ1) is 16.2. The first-order chi connectivity index (χ1) is 9.70. The smallest absolute Gasteiger partial charge is 0.242 e. The fourth-order valence-corrected chi connectivity index (χ4v) is 3.91. The van der Waals surface area contributed by atoms with Crippen LogP contribution in [0.15, 0.2) is 21.5 Å². The minimum absolute atomic E-state index is 0.0384. The van der Waals surface area contributed by atoms with Crippen LogP contribution in [0.25, 0.3) is 0 Å². The number of nitrogens with one attached hydrogen (secondary N) is 2. The van der Waals surface area contributed by atoms with Gasteiger partial charge in [-0.2, -0.15) is 4.72 Å². The Hall–Kier alpha value is -1.19. The number of amides is 1. The summed E-state index contributed by atoms with van der Waals surface area (Å²) in [6.07, 6.45) is 1.82. The molecule has 0 aliphatic heterocycles. The molecule has 1 aliphatic carbocycles. The molecule has 116 valence electrons. The summed E-state index contributed by atoms with van der Waals surface area (Å²) in [7, 11) is -3.99. The summed E-state index contributed by atoms with van der Waals surface area (Å²) in [6, 6.07) is 1.18. The van der Waals surface area contributed by atoms with Gasteiger partial charge >= 0.3 is 0 Å². The van der Waals surface area contributed by atoms with E-state index in [0.717, 1.165) is 25.0 Å². The highest BCUT2D eigenvalue weighted by Crippen LogP contribution is 2.27. The van der Waals surface area contributed by atoms with Gasteiger partial charge in [-0.15, -0.1) is 0 Å². The summed E-state index contributed by atoms with van der Waals surface area (Å²) in [5, 5.41) is 2.70. The van der Waals surface area contributed by atoms with Crippen LogP contribution in [0.4, 0.5) is 10.1 Å². The van der Waals surface area contributed by atoms with E-state index in [2.05, 4.69) is 26.0 Å². The summed E-state index contributed by atoms with van der Waals surface area (Å²) >= 11 is 2.98. The van der Waals surface area contributed by atoms with Crippen molar-refractivity contribution < 1.29 is 17.6 Å². The minimum atomic E-state index is -3.99. The molecule has 2 rings (SSSR count). The molecule has 0 radical (unpaired) electrons. The molecule has 1 atom stereocenters. The van der Waals surface area contributed by atoms with E-state index in [1.165, 1.54) is 6.92 Å². The number of anilines is 1. The lowest BCUT2D eigenvalue weighted by Gasteiger charge is -2.15. The van der Waals surface area contributed by atoms with Crippen LogP contribution in [-0.4, -0.2) is 26.4 Å². The van der Waals surface area contributed by atoms with Gasteiger partial charge in [-0.3, -0.25) is 4.79 Å². The van der Waals surface area contributed by atoms with Gasteiger partial charge in [0.2, 0.25) is 15.9 Å². The number of hydrogen-bond acceptors (Lipinski definition) is 4. The summed E-state index contributed by atoms with van der Waals surface area (Å²) in [5.41, 5.74) is 5.10. The predicted molar refractivity (Wildman–Crippen MR) is 79.5 cm³/mol. The van der Waals surface area contributed by atoms with Crippen LogP contribution < -0.4 is 15.8 Å². The second kappa shape index (κ2) is 5.90. The molecule has 1 fully saturated rings. The topological polar surface area (TPSA) is 101 Å². The van der Waals surface area contributed by atoms with Crippen LogP contribution in [0.1, 0.15) is 19.8 Å². The van der Waals surface area contributed by atoms with E-state index in [-0.39, 0.29) is 21.1 Å². The number of hydrogen-bond donors (Lipinski definition) is 3. The summed E-state index contributed by atoms with van der Waals surface area (Å²) in [6.45, 7) is 1.44. The Bertz CT molecular complexity index is 677. The SMILES string of the molecule is CC(NS(=O)(=O)c1cc(N)c(F)cc1Br)C(=O)NC1CC1. The summed E-state index contributed by atoms with van der Waals surface area (Å²) < 4.78 is 40.0. The number of nitrogen functional groups attached to an aromatic ring is 1. The van der Waals surface area contributed by atoms with E-state index in [1.807, 2.05) is 0 Å². The zero-order valence-electron chi connectivity index (χ0n) is 11.2. The van der Waals surface area contributed by atoms with E-state index in [9.17, 15) is 17.6 Å². The van der Waals surface area contributed by atoms with Gasteiger partial charge in [-0.25, -0.2) is 12.8 Å². The lowest BCUT2D eigenvalue weighted by Crippen LogP contribution is -2.45. The molecule has 1 aromatic carbocycles. The molecule has 0 aromatic heterocycles. The third-order valence-corrected chi connectivity index (χ3v) is 5.49. The maximum absolute atomic E-state index is 13.3. The first-order valence-electron chi connectivity index (χ1n) is 6.28. The van der Waals surface area contributed by atoms with Gasteiger partial charge in [-0.1, -0.05) is 0 Å². The normalized spacial score (nSPS) is 16.5. The van der Waals surface area contributed by atoms with Gasteiger partial charge < -0.3 is 11.1 Å². The van der Waals surface area contributed by atoms with Crippen molar-refractivity contribution in [3.63, 3.8) is 0 Å². The van der Waals surface area contributed by atoms with Crippen LogP contribution in [0, 0.1) is 5.82 Å². The van der Waals surface area contributed by atoms with Crippen molar-refractivity contribution >= 4 is 37.5 Å². The highest BCUT2D eigenvalue weighted by Gasteiger charge is 2.29. The van der Waals surface area contributed by atoms with Gasteiger partial charge in [0.05, 0.1) is 16.6 Å². The standard InChI is InChI=1S/C12H15BrFN3O3S/c1-6(12(18)16-7-2-3-7)17-21(19,20)11-5-10(15)9(14)4-8(11)13/h4-7,17H,2-3,15H2,1H3,(H,16,18). The zero-order chi connectivity index (χ0) is 15.8. The van der Waals surface area contributed by atoms with Crippen LogP contribution in [0.5, 0.6) is 0 Å². The van der Waals surface area contributed by atoms with Crippen LogP contribution in [0.3, 0.4) is 0 Å². The Kier molecular flexibility index (Phi) is 4.54. The van der Waals surface area contributed by atoms with E-state index in [4.69, 9.17) is 5.73 Å². The van der Waals surface area contributed by atoms with Crippen molar-refractivity contribution in [2.24, 2.45) is 0 Å². The molecular weight excluding hydrogens is 365 g/mol. The Labute approximate surface area is 130 Å². The molecule has 1 amide bonds. The quantitative estimate of drug-likeness (QED) is 0.667. The number of sulfonamides is 1. The average Bonchev–Trinajstić information content (AvgIpc) is 3.16. The Morgan fingerprint density at radius 2 is 2.10 bits per heavy atom. The van der Waals surface area contributed by atoms with Crippen molar-refractivity contribution in [1.82, 2.24) is 10.0 Å². The van der Waals surface area contributed by atoms with Gasteiger partial charge in [0, 0.05) is 10.5 Å². The van der Waals surface area contributed by atoms with Gasteiger partial charge in [0.25, 0.3) is 0 Å². The van der Waals surface area contributed by atoms with E-state index in [0.29, 0.717) is 0 Å². The maximum atomic E-state index is 13.3. The van der Waals surface area contributed by atoms with Crippen molar-refractivity contribution in [2.45, 2.75) is 36.7 Å². The Morgan fingerprint density at radius 1 is 1.48 bits per heavy atom. The third-order valence-electron chi connectivity index (χ3n) is 2.99. The predicted octanol–water partition coefficient (Wildman–Crippen LogP) is 1.12. The number of halogens is 2. The first-order valence-corrected chi connectivity index (χ1v) is 8.55. The summed E-state index contributed by atoms with van der Waals surface area (Å²) in [4.78, 5) is 11.6.